The Morgan fingerprint density at radius 3 is 2.39 bits per heavy atom. The van der Waals surface area contributed by atoms with Crippen molar-refractivity contribution >= 4 is 10.2 Å². The summed E-state index contributed by atoms with van der Waals surface area (Å²) in [5.41, 5.74) is 0. The molecule has 1 aliphatic heterocycles. The van der Waals surface area contributed by atoms with Crippen molar-refractivity contribution in [1.82, 2.24) is 14.3 Å². The van der Waals surface area contributed by atoms with Gasteiger partial charge < -0.3 is 5.32 Å². The van der Waals surface area contributed by atoms with Gasteiger partial charge in [-0.05, 0) is 31.1 Å². The van der Waals surface area contributed by atoms with Crippen molar-refractivity contribution in [3.05, 3.63) is 0 Å². The van der Waals surface area contributed by atoms with E-state index in [0.717, 1.165) is 32.4 Å². The fourth-order valence-corrected chi connectivity index (χ4v) is 4.27. The second-order valence-electron chi connectivity index (χ2n) is 5.74. The predicted octanol–water partition coefficient (Wildman–Crippen LogP) is 0.551. The van der Waals surface area contributed by atoms with Gasteiger partial charge in [0.2, 0.25) is 0 Å². The molecule has 2 N–H and O–H groups in total. The van der Waals surface area contributed by atoms with Crippen molar-refractivity contribution in [2.45, 2.75) is 39.2 Å². The van der Waals surface area contributed by atoms with Crippen molar-refractivity contribution in [3.63, 3.8) is 0 Å². The largest absolute Gasteiger partial charge is 0.314 e. The third kappa shape index (κ3) is 3.44. The summed E-state index contributed by atoms with van der Waals surface area (Å²) in [5, 5.41) is 3.17. The van der Waals surface area contributed by atoms with Crippen molar-refractivity contribution in [3.8, 4) is 0 Å². The number of piperazine rings is 1. The fourth-order valence-electron chi connectivity index (χ4n) is 2.82. The molecular formula is C12H25N3O2S. The standard InChI is InChI=1S/C12H25N3O2S/c1-10-3-4-12(9-11(10)2)14-18(16,17)15-7-5-13-6-8-15/h10-14H,3-9H2,1-2H3. The topological polar surface area (TPSA) is 61.4 Å². The van der Waals surface area contributed by atoms with Gasteiger partial charge in [-0.15, -0.1) is 0 Å². The molecule has 0 spiro atoms. The van der Waals surface area contributed by atoms with E-state index in [1.165, 1.54) is 0 Å². The number of hydrogen-bond acceptors (Lipinski definition) is 3. The number of nitrogens with zero attached hydrogens (tertiary/aromatic N) is 1. The first-order valence-electron chi connectivity index (χ1n) is 6.97. The molecule has 3 unspecified atom stereocenters. The van der Waals surface area contributed by atoms with Gasteiger partial charge in [0.25, 0.3) is 10.2 Å². The molecule has 106 valence electrons. The Bertz CT molecular complexity index is 366. The van der Waals surface area contributed by atoms with Crippen LogP contribution in [0.3, 0.4) is 0 Å². The lowest BCUT2D eigenvalue weighted by Gasteiger charge is -2.34. The molecule has 6 heteroatoms. The Labute approximate surface area is 110 Å². The van der Waals surface area contributed by atoms with Gasteiger partial charge in [0.05, 0.1) is 0 Å². The summed E-state index contributed by atoms with van der Waals surface area (Å²) in [5.74, 6) is 1.32. The third-order valence-electron chi connectivity index (χ3n) is 4.33. The molecule has 2 rings (SSSR count). The van der Waals surface area contributed by atoms with Crippen molar-refractivity contribution in [1.29, 1.82) is 0 Å². The Hall–Kier alpha value is -0.170. The first-order chi connectivity index (χ1) is 8.49. The van der Waals surface area contributed by atoms with Gasteiger partial charge in [0, 0.05) is 32.2 Å². The van der Waals surface area contributed by atoms with E-state index in [0.29, 0.717) is 24.9 Å². The minimum atomic E-state index is -3.28. The highest BCUT2D eigenvalue weighted by Crippen LogP contribution is 2.29. The molecule has 0 aromatic carbocycles. The van der Waals surface area contributed by atoms with Gasteiger partial charge in [-0.2, -0.15) is 17.4 Å². The van der Waals surface area contributed by atoms with Gasteiger partial charge in [0.15, 0.2) is 0 Å². The lowest BCUT2D eigenvalue weighted by atomic mass is 9.79. The summed E-state index contributed by atoms with van der Waals surface area (Å²) in [6, 6.07) is 0.121. The fraction of sp³-hybridized carbons (Fsp3) is 1.00. The molecule has 0 aromatic rings. The lowest BCUT2D eigenvalue weighted by molar-refractivity contribution is 0.238. The zero-order valence-electron chi connectivity index (χ0n) is 11.4. The maximum absolute atomic E-state index is 12.2. The molecule has 1 saturated heterocycles. The van der Waals surface area contributed by atoms with Gasteiger partial charge in [-0.1, -0.05) is 13.8 Å². The molecule has 1 saturated carbocycles. The van der Waals surface area contributed by atoms with Crippen LogP contribution in [0.2, 0.25) is 0 Å². The first kappa shape index (κ1) is 14.2. The number of hydrogen-bond donors (Lipinski definition) is 2. The van der Waals surface area contributed by atoms with Crippen molar-refractivity contribution in [2.24, 2.45) is 11.8 Å². The third-order valence-corrected chi connectivity index (χ3v) is 6.01. The van der Waals surface area contributed by atoms with Crippen LogP contribution < -0.4 is 10.0 Å². The van der Waals surface area contributed by atoms with E-state index in [1.807, 2.05) is 0 Å². The van der Waals surface area contributed by atoms with Crippen LogP contribution >= 0.6 is 0 Å². The van der Waals surface area contributed by atoms with Crippen LogP contribution in [0, 0.1) is 11.8 Å². The number of nitrogens with one attached hydrogen (secondary N) is 2. The zero-order valence-corrected chi connectivity index (χ0v) is 12.2. The van der Waals surface area contributed by atoms with Gasteiger partial charge >= 0.3 is 0 Å². The maximum atomic E-state index is 12.2. The summed E-state index contributed by atoms with van der Waals surface area (Å²) >= 11 is 0. The van der Waals surface area contributed by atoms with Gasteiger partial charge in [-0.3, -0.25) is 0 Å². The summed E-state index contributed by atoms with van der Waals surface area (Å²) in [6.07, 6.45) is 3.05. The SMILES string of the molecule is CC1CCC(NS(=O)(=O)N2CCNCC2)CC1C. The molecule has 5 nitrogen and oxygen atoms in total. The molecule has 1 aliphatic carbocycles. The second-order valence-corrected chi connectivity index (χ2v) is 7.44. The van der Waals surface area contributed by atoms with Crippen LogP contribution in [0.25, 0.3) is 0 Å². The summed E-state index contributed by atoms with van der Waals surface area (Å²) < 4.78 is 28.9. The summed E-state index contributed by atoms with van der Waals surface area (Å²) in [6.45, 7) is 7.13. The lowest BCUT2D eigenvalue weighted by Crippen LogP contribution is -2.53. The smallest absolute Gasteiger partial charge is 0.279 e. The van der Waals surface area contributed by atoms with Crippen molar-refractivity contribution in [2.75, 3.05) is 26.2 Å². The zero-order chi connectivity index (χ0) is 13.2. The highest BCUT2D eigenvalue weighted by molar-refractivity contribution is 7.87. The van der Waals surface area contributed by atoms with Gasteiger partial charge in [-0.25, -0.2) is 0 Å². The molecule has 1 heterocycles. The van der Waals surface area contributed by atoms with Crippen LogP contribution in [0.15, 0.2) is 0 Å². The average molecular weight is 275 g/mol. The van der Waals surface area contributed by atoms with E-state index in [9.17, 15) is 8.42 Å². The maximum Gasteiger partial charge on any atom is 0.279 e. The monoisotopic (exact) mass is 275 g/mol. The minimum absolute atomic E-state index is 0.121. The van der Waals surface area contributed by atoms with E-state index in [4.69, 9.17) is 0 Å². The molecule has 0 aromatic heterocycles. The van der Waals surface area contributed by atoms with E-state index in [2.05, 4.69) is 23.9 Å². The molecule has 3 atom stereocenters. The molecule has 2 fully saturated rings. The summed E-state index contributed by atoms with van der Waals surface area (Å²) in [7, 11) is -3.28. The quantitative estimate of drug-likeness (QED) is 0.791. The van der Waals surface area contributed by atoms with Crippen LogP contribution in [-0.2, 0) is 10.2 Å². The van der Waals surface area contributed by atoms with Crippen LogP contribution in [0.1, 0.15) is 33.1 Å². The number of rotatable bonds is 3. The molecule has 0 bridgehead atoms. The molecular weight excluding hydrogens is 250 g/mol. The predicted molar refractivity (Wildman–Crippen MR) is 72.5 cm³/mol. The average Bonchev–Trinajstić information content (AvgIpc) is 2.35. The highest BCUT2D eigenvalue weighted by atomic mass is 32.2. The minimum Gasteiger partial charge on any atom is -0.314 e. The Morgan fingerprint density at radius 2 is 1.78 bits per heavy atom. The molecule has 0 amide bonds. The Kier molecular flexibility index (Phi) is 4.64. The highest BCUT2D eigenvalue weighted by Gasteiger charge is 2.30. The van der Waals surface area contributed by atoms with Crippen LogP contribution in [0.4, 0.5) is 0 Å². The Balaban J connectivity index is 1.91. The van der Waals surface area contributed by atoms with Gasteiger partial charge in [0.1, 0.15) is 0 Å². The first-order valence-corrected chi connectivity index (χ1v) is 8.41. The van der Waals surface area contributed by atoms with E-state index >= 15 is 0 Å². The van der Waals surface area contributed by atoms with Crippen molar-refractivity contribution < 1.29 is 8.42 Å². The van der Waals surface area contributed by atoms with E-state index < -0.39 is 10.2 Å². The van der Waals surface area contributed by atoms with Crippen LogP contribution in [0.5, 0.6) is 0 Å². The van der Waals surface area contributed by atoms with E-state index in [-0.39, 0.29) is 6.04 Å². The Morgan fingerprint density at radius 1 is 1.11 bits per heavy atom. The second kappa shape index (κ2) is 5.86. The van der Waals surface area contributed by atoms with E-state index in [1.54, 1.807) is 4.31 Å². The normalized spacial score (nSPS) is 35.6. The van der Waals surface area contributed by atoms with Crippen LogP contribution in [-0.4, -0.2) is 44.9 Å². The molecule has 2 aliphatic rings. The molecule has 18 heavy (non-hydrogen) atoms. The molecule has 0 radical (unpaired) electrons. The summed E-state index contributed by atoms with van der Waals surface area (Å²) in [4.78, 5) is 0.